The molecule has 2 aromatic rings. The van der Waals surface area contributed by atoms with Crippen LogP contribution >= 0.6 is 15.9 Å². The second-order valence-corrected chi connectivity index (χ2v) is 5.84. The summed E-state index contributed by atoms with van der Waals surface area (Å²) in [5, 5.41) is 0. The van der Waals surface area contributed by atoms with Crippen molar-refractivity contribution in [3.05, 3.63) is 58.6 Å². The van der Waals surface area contributed by atoms with Crippen molar-refractivity contribution in [3.8, 4) is 0 Å². The third kappa shape index (κ3) is 3.93. The van der Waals surface area contributed by atoms with Crippen molar-refractivity contribution in [1.82, 2.24) is 0 Å². The number of hydrogen-bond donors (Lipinski definition) is 0. The molecule has 1 fully saturated rings. The Hall–Kier alpha value is -1.65. The van der Waals surface area contributed by atoms with E-state index in [1.165, 1.54) is 5.69 Å². The maximum absolute atomic E-state index is 5.37. The first kappa shape index (κ1) is 14.3. The van der Waals surface area contributed by atoms with E-state index in [-0.39, 0.29) is 0 Å². The van der Waals surface area contributed by atoms with Gasteiger partial charge in [0.05, 0.1) is 18.9 Å². The van der Waals surface area contributed by atoms with Gasteiger partial charge in [-0.15, -0.1) is 0 Å². The lowest BCUT2D eigenvalue weighted by atomic mass is 10.2. The molecule has 3 rings (SSSR count). The van der Waals surface area contributed by atoms with Crippen LogP contribution in [0.1, 0.15) is 5.56 Å². The van der Waals surface area contributed by atoms with Crippen molar-refractivity contribution in [2.45, 2.75) is 0 Å². The Bertz CT molecular complexity index is 619. The van der Waals surface area contributed by atoms with Crippen LogP contribution in [0.15, 0.2) is 58.0 Å². The van der Waals surface area contributed by atoms with Crippen LogP contribution in [0.2, 0.25) is 0 Å². The van der Waals surface area contributed by atoms with E-state index in [1.54, 1.807) is 0 Å². The zero-order valence-corrected chi connectivity index (χ0v) is 13.3. The molecule has 0 aromatic heterocycles. The summed E-state index contributed by atoms with van der Waals surface area (Å²) >= 11 is 3.46. The number of hydrogen-bond acceptors (Lipinski definition) is 3. The predicted molar refractivity (Wildman–Crippen MR) is 90.9 cm³/mol. The molecule has 0 aliphatic carbocycles. The maximum atomic E-state index is 5.37. The van der Waals surface area contributed by atoms with Crippen molar-refractivity contribution in [3.63, 3.8) is 0 Å². The third-order valence-electron chi connectivity index (χ3n) is 3.44. The summed E-state index contributed by atoms with van der Waals surface area (Å²) in [6, 6.07) is 16.5. The standard InChI is InChI=1S/C17H17BrN2O/c18-15-3-1-2-14(12-15)13-19-16-4-6-17(7-5-16)20-8-10-21-11-9-20/h1-7,12-13H,8-11H2. The fourth-order valence-electron chi connectivity index (χ4n) is 2.31. The molecule has 108 valence electrons. The number of morpholine rings is 1. The summed E-state index contributed by atoms with van der Waals surface area (Å²) in [6.45, 7) is 3.53. The Labute approximate surface area is 133 Å². The highest BCUT2D eigenvalue weighted by Crippen LogP contribution is 2.21. The van der Waals surface area contributed by atoms with Crippen LogP contribution in [-0.2, 0) is 4.74 Å². The van der Waals surface area contributed by atoms with E-state index in [1.807, 2.05) is 30.5 Å². The average Bonchev–Trinajstić information content (AvgIpc) is 2.54. The summed E-state index contributed by atoms with van der Waals surface area (Å²) < 4.78 is 6.44. The molecule has 0 unspecified atom stereocenters. The van der Waals surface area contributed by atoms with Crippen LogP contribution in [0.3, 0.4) is 0 Å². The number of aliphatic imine (C=N–C) groups is 1. The molecule has 0 spiro atoms. The largest absolute Gasteiger partial charge is 0.378 e. The summed E-state index contributed by atoms with van der Waals surface area (Å²) in [5.74, 6) is 0. The van der Waals surface area contributed by atoms with Gasteiger partial charge in [0, 0.05) is 29.5 Å². The first-order valence-corrected chi connectivity index (χ1v) is 7.83. The van der Waals surface area contributed by atoms with Crippen LogP contribution in [0.4, 0.5) is 11.4 Å². The summed E-state index contributed by atoms with van der Waals surface area (Å²) in [5.41, 5.74) is 3.29. The van der Waals surface area contributed by atoms with Gasteiger partial charge < -0.3 is 9.64 Å². The van der Waals surface area contributed by atoms with Crippen LogP contribution in [-0.4, -0.2) is 32.5 Å². The third-order valence-corrected chi connectivity index (χ3v) is 3.93. The van der Waals surface area contributed by atoms with E-state index in [4.69, 9.17) is 4.74 Å². The van der Waals surface area contributed by atoms with Gasteiger partial charge in [0.1, 0.15) is 0 Å². The minimum atomic E-state index is 0.808. The monoisotopic (exact) mass is 344 g/mol. The molecule has 0 radical (unpaired) electrons. The zero-order valence-electron chi connectivity index (χ0n) is 11.7. The number of rotatable bonds is 3. The van der Waals surface area contributed by atoms with Gasteiger partial charge in [-0.2, -0.15) is 0 Å². The second-order valence-electron chi connectivity index (χ2n) is 4.93. The molecule has 2 aromatic carbocycles. The molecule has 0 N–H and O–H groups in total. The van der Waals surface area contributed by atoms with Crippen molar-refractivity contribution in [2.75, 3.05) is 31.2 Å². The minimum Gasteiger partial charge on any atom is -0.378 e. The first-order chi connectivity index (χ1) is 10.3. The minimum absolute atomic E-state index is 0.808. The summed E-state index contributed by atoms with van der Waals surface area (Å²) in [7, 11) is 0. The molecule has 0 bridgehead atoms. The van der Waals surface area contributed by atoms with E-state index in [2.05, 4.69) is 50.1 Å². The quantitative estimate of drug-likeness (QED) is 0.785. The Morgan fingerprint density at radius 3 is 2.52 bits per heavy atom. The lowest BCUT2D eigenvalue weighted by Gasteiger charge is -2.28. The Balaban J connectivity index is 1.69. The van der Waals surface area contributed by atoms with Gasteiger partial charge in [-0.25, -0.2) is 0 Å². The molecular weight excluding hydrogens is 328 g/mol. The van der Waals surface area contributed by atoms with Crippen molar-refractivity contribution < 1.29 is 4.74 Å². The molecule has 1 aliphatic rings. The highest BCUT2D eigenvalue weighted by Gasteiger charge is 2.10. The van der Waals surface area contributed by atoms with Crippen molar-refractivity contribution in [1.29, 1.82) is 0 Å². The normalized spacial score (nSPS) is 15.6. The molecule has 3 nitrogen and oxygen atoms in total. The first-order valence-electron chi connectivity index (χ1n) is 7.04. The highest BCUT2D eigenvalue weighted by atomic mass is 79.9. The lowest BCUT2D eigenvalue weighted by molar-refractivity contribution is 0.122. The Kier molecular flexibility index (Phi) is 4.68. The van der Waals surface area contributed by atoms with E-state index < -0.39 is 0 Å². The SMILES string of the molecule is Brc1cccc(C=Nc2ccc(N3CCOCC3)cc2)c1. The molecule has 4 heteroatoms. The Morgan fingerprint density at radius 1 is 1.05 bits per heavy atom. The molecule has 0 saturated carbocycles. The summed E-state index contributed by atoms with van der Waals surface area (Å²) in [6.07, 6.45) is 1.88. The van der Waals surface area contributed by atoms with Crippen LogP contribution in [0, 0.1) is 0 Å². The topological polar surface area (TPSA) is 24.8 Å². The van der Waals surface area contributed by atoms with Gasteiger partial charge in [0.15, 0.2) is 0 Å². The van der Waals surface area contributed by atoms with Crippen LogP contribution in [0.5, 0.6) is 0 Å². The molecule has 1 heterocycles. The fourth-order valence-corrected chi connectivity index (χ4v) is 2.72. The number of anilines is 1. The van der Waals surface area contributed by atoms with Gasteiger partial charge in [0.25, 0.3) is 0 Å². The van der Waals surface area contributed by atoms with Gasteiger partial charge in [-0.05, 0) is 42.0 Å². The van der Waals surface area contributed by atoms with E-state index >= 15 is 0 Å². The van der Waals surface area contributed by atoms with Crippen LogP contribution in [0.25, 0.3) is 0 Å². The molecule has 0 amide bonds. The lowest BCUT2D eigenvalue weighted by Crippen LogP contribution is -2.36. The zero-order chi connectivity index (χ0) is 14.5. The second kappa shape index (κ2) is 6.87. The van der Waals surface area contributed by atoms with Crippen LogP contribution < -0.4 is 4.90 Å². The highest BCUT2D eigenvalue weighted by molar-refractivity contribution is 9.10. The van der Waals surface area contributed by atoms with Gasteiger partial charge in [0.2, 0.25) is 0 Å². The summed E-state index contributed by atoms with van der Waals surface area (Å²) in [4.78, 5) is 6.85. The number of nitrogens with zero attached hydrogens (tertiary/aromatic N) is 2. The number of benzene rings is 2. The molecule has 1 aliphatic heterocycles. The van der Waals surface area contributed by atoms with Crippen molar-refractivity contribution in [2.24, 2.45) is 4.99 Å². The smallest absolute Gasteiger partial charge is 0.0642 e. The average molecular weight is 345 g/mol. The molecule has 0 atom stereocenters. The number of ether oxygens (including phenoxy) is 1. The van der Waals surface area contributed by atoms with Crippen molar-refractivity contribution >= 4 is 33.5 Å². The number of halogens is 1. The van der Waals surface area contributed by atoms with E-state index in [9.17, 15) is 0 Å². The van der Waals surface area contributed by atoms with E-state index in [0.29, 0.717) is 0 Å². The maximum Gasteiger partial charge on any atom is 0.0642 e. The van der Waals surface area contributed by atoms with Gasteiger partial charge in [-0.1, -0.05) is 28.1 Å². The van der Waals surface area contributed by atoms with Gasteiger partial charge >= 0.3 is 0 Å². The molecule has 21 heavy (non-hydrogen) atoms. The fraction of sp³-hybridized carbons (Fsp3) is 0.235. The molecule has 1 saturated heterocycles. The van der Waals surface area contributed by atoms with E-state index in [0.717, 1.165) is 42.0 Å². The predicted octanol–water partition coefficient (Wildman–Crippen LogP) is 4.04. The van der Waals surface area contributed by atoms with Gasteiger partial charge in [-0.3, -0.25) is 4.99 Å². The molecular formula is C17H17BrN2O. The Morgan fingerprint density at radius 2 is 1.81 bits per heavy atom.